The standard InChI is InChI=1S/C15H31N5O4/c1-14(21)17-2-10-23-12-8-19-4-6-20(7-5-19)9-13-24-11-3-18-15(16)22/h2-13H2,1H3,(H,17,21)(H3,16,18,22). The van der Waals surface area contributed by atoms with Gasteiger partial charge >= 0.3 is 6.03 Å². The van der Waals surface area contributed by atoms with Crippen molar-refractivity contribution in [1.29, 1.82) is 0 Å². The largest absolute Gasteiger partial charge is 0.378 e. The molecular weight excluding hydrogens is 314 g/mol. The molecule has 1 aliphatic heterocycles. The van der Waals surface area contributed by atoms with E-state index in [1.54, 1.807) is 0 Å². The lowest BCUT2D eigenvalue weighted by atomic mass is 10.3. The van der Waals surface area contributed by atoms with Gasteiger partial charge in [0.05, 0.1) is 26.4 Å². The minimum atomic E-state index is -0.520. The summed E-state index contributed by atoms with van der Waals surface area (Å²) in [6.07, 6.45) is 0. The molecule has 0 aromatic heterocycles. The number of urea groups is 1. The maximum Gasteiger partial charge on any atom is 0.312 e. The van der Waals surface area contributed by atoms with E-state index in [-0.39, 0.29) is 5.91 Å². The first kappa shape index (κ1) is 20.6. The van der Waals surface area contributed by atoms with Crippen LogP contribution in [0.3, 0.4) is 0 Å². The number of rotatable bonds is 12. The highest BCUT2D eigenvalue weighted by molar-refractivity contribution is 5.72. The average Bonchev–Trinajstić information content (AvgIpc) is 2.54. The fourth-order valence-corrected chi connectivity index (χ4v) is 2.37. The zero-order valence-corrected chi connectivity index (χ0v) is 14.6. The van der Waals surface area contributed by atoms with E-state index < -0.39 is 6.03 Å². The highest BCUT2D eigenvalue weighted by Crippen LogP contribution is 2.01. The van der Waals surface area contributed by atoms with Crippen LogP contribution in [0.4, 0.5) is 4.79 Å². The van der Waals surface area contributed by atoms with Gasteiger partial charge in [-0.2, -0.15) is 0 Å². The maximum atomic E-state index is 10.7. The van der Waals surface area contributed by atoms with Gasteiger partial charge < -0.3 is 25.8 Å². The molecule has 0 unspecified atom stereocenters. The molecule has 1 rings (SSSR count). The van der Waals surface area contributed by atoms with Crippen molar-refractivity contribution in [1.82, 2.24) is 20.4 Å². The Kier molecular flexibility index (Phi) is 11.1. The molecular formula is C15H31N5O4. The quantitative estimate of drug-likeness (QED) is 0.369. The van der Waals surface area contributed by atoms with Crippen molar-refractivity contribution < 1.29 is 19.1 Å². The van der Waals surface area contributed by atoms with Crippen LogP contribution in [0.2, 0.25) is 0 Å². The molecule has 0 spiro atoms. The summed E-state index contributed by atoms with van der Waals surface area (Å²) in [6.45, 7) is 10.8. The molecule has 0 radical (unpaired) electrons. The van der Waals surface area contributed by atoms with Gasteiger partial charge in [0.2, 0.25) is 5.91 Å². The molecule has 9 heteroatoms. The summed E-state index contributed by atoms with van der Waals surface area (Å²) in [5, 5.41) is 5.19. The molecule has 9 nitrogen and oxygen atoms in total. The molecule has 140 valence electrons. The van der Waals surface area contributed by atoms with Gasteiger partial charge in [-0.05, 0) is 0 Å². The number of ether oxygens (including phenoxy) is 2. The third-order valence-corrected chi connectivity index (χ3v) is 3.73. The fourth-order valence-electron chi connectivity index (χ4n) is 2.37. The number of nitrogens with one attached hydrogen (secondary N) is 2. The fraction of sp³-hybridized carbons (Fsp3) is 0.867. The smallest absolute Gasteiger partial charge is 0.312 e. The predicted molar refractivity (Wildman–Crippen MR) is 90.8 cm³/mol. The number of primary amides is 1. The number of nitrogens with zero attached hydrogens (tertiary/aromatic N) is 2. The van der Waals surface area contributed by atoms with Gasteiger partial charge in [0, 0.05) is 59.3 Å². The number of carbonyl (C=O) groups is 2. The predicted octanol–water partition coefficient (Wildman–Crippen LogP) is -1.56. The van der Waals surface area contributed by atoms with Crippen LogP contribution in [0.1, 0.15) is 6.92 Å². The molecule has 0 aromatic carbocycles. The lowest BCUT2D eigenvalue weighted by molar-refractivity contribution is -0.119. The van der Waals surface area contributed by atoms with E-state index in [1.165, 1.54) is 6.92 Å². The van der Waals surface area contributed by atoms with Crippen LogP contribution in [0.15, 0.2) is 0 Å². The second kappa shape index (κ2) is 12.9. The number of nitrogens with two attached hydrogens (primary N) is 1. The minimum Gasteiger partial charge on any atom is -0.378 e. The second-order valence-electron chi connectivity index (χ2n) is 5.68. The Bertz CT molecular complexity index is 328. The molecule has 4 N–H and O–H groups in total. The SMILES string of the molecule is CC(=O)NCCOCCN1CCN(CCOCCNC(N)=O)CC1. The van der Waals surface area contributed by atoms with E-state index in [9.17, 15) is 9.59 Å². The summed E-state index contributed by atoms with van der Waals surface area (Å²) >= 11 is 0. The van der Waals surface area contributed by atoms with Gasteiger partial charge in [0.25, 0.3) is 0 Å². The van der Waals surface area contributed by atoms with E-state index in [2.05, 4.69) is 20.4 Å². The highest BCUT2D eigenvalue weighted by atomic mass is 16.5. The third-order valence-electron chi connectivity index (χ3n) is 3.73. The minimum absolute atomic E-state index is 0.0252. The van der Waals surface area contributed by atoms with E-state index in [4.69, 9.17) is 15.2 Å². The van der Waals surface area contributed by atoms with Gasteiger partial charge in [-0.15, -0.1) is 0 Å². The molecule has 1 aliphatic rings. The number of amides is 3. The normalized spacial score (nSPS) is 16.0. The van der Waals surface area contributed by atoms with Gasteiger partial charge in [0.1, 0.15) is 0 Å². The zero-order chi connectivity index (χ0) is 17.6. The Labute approximate surface area is 143 Å². The first-order valence-corrected chi connectivity index (χ1v) is 8.46. The third kappa shape index (κ3) is 11.2. The van der Waals surface area contributed by atoms with Crippen molar-refractivity contribution in [3.63, 3.8) is 0 Å². The van der Waals surface area contributed by atoms with E-state index in [0.29, 0.717) is 39.5 Å². The van der Waals surface area contributed by atoms with E-state index >= 15 is 0 Å². The van der Waals surface area contributed by atoms with Gasteiger partial charge in [-0.1, -0.05) is 0 Å². The van der Waals surface area contributed by atoms with Crippen molar-refractivity contribution in [2.75, 3.05) is 78.8 Å². The molecule has 1 fully saturated rings. The van der Waals surface area contributed by atoms with Gasteiger partial charge in [-0.25, -0.2) is 4.79 Å². The Morgan fingerprint density at radius 3 is 1.75 bits per heavy atom. The molecule has 0 atom stereocenters. The van der Waals surface area contributed by atoms with Crippen LogP contribution in [-0.2, 0) is 14.3 Å². The Balaban J connectivity index is 1.90. The van der Waals surface area contributed by atoms with Gasteiger partial charge in [0.15, 0.2) is 0 Å². The summed E-state index contributed by atoms with van der Waals surface area (Å²) < 4.78 is 11.0. The summed E-state index contributed by atoms with van der Waals surface area (Å²) in [7, 11) is 0. The summed E-state index contributed by atoms with van der Waals surface area (Å²) in [6, 6.07) is -0.520. The summed E-state index contributed by atoms with van der Waals surface area (Å²) in [5.74, 6) is -0.0252. The van der Waals surface area contributed by atoms with Crippen LogP contribution in [0, 0.1) is 0 Å². The average molecular weight is 345 g/mol. The first-order chi connectivity index (χ1) is 11.6. The van der Waals surface area contributed by atoms with Crippen LogP contribution in [0.5, 0.6) is 0 Å². The number of hydrogen-bond acceptors (Lipinski definition) is 6. The maximum absolute atomic E-state index is 10.7. The second-order valence-corrected chi connectivity index (χ2v) is 5.68. The van der Waals surface area contributed by atoms with E-state index in [1.807, 2.05) is 0 Å². The topological polar surface area (TPSA) is 109 Å². The van der Waals surface area contributed by atoms with Gasteiger partial charge in [-0.3, -0.25) is 14.6 Å². The Morgan fingerprint density at radius 2 is 1.33 bits per heavy atom. The first-order valence-electron chi connectivity index (χ1n) is 8.46. The van der Waals surface area contributed by atoms with Crippen LogP contribution in [0.25, 0.3) is 0 Å². The van der Waals surface area contributed by atoms with Crippen molar-refractivity contribution in [3.8, 4) is 0 Å². The molecule has 0 aromatic rings. The van der Waals surface area contributed by atoms with Crippen molar-refractivity contribution in [2.24, 2.45) is 5.73 Å². The van der Waals surface area contributed by atoms with Crippen molar-refractivity contribution in [2.45, 2.75) is 6.92 Å². The molecule has 24 heavy (non-hydrogen) atoms. The number of carbonyl (C=O) groups excluding carboxylic acids is 2. The molecule has 0 aliphatic carbocycles. The van der Waals surface area contributed by atoms with Crippen molar-refractivity contribution >= 4 is 11.9 Å². The Hall–Kier alpha value is -1.42. The van der Waals surface area contributed by atoms with Crippen molar-refractivity contribution in [3.05, 3.63) is 0 Å². The number of hydrogen-bond donors (Lipinski definition) is 3. The monoisotopic (exact) mass is 345 g/mol. The molecule has 0 saturated carbocycles. The Morgan fingerprint density at radius 1 is 0.875 bits per heavy atom. The molecule has 0 bridgehead atoms. The lowest BCUT2D eigenvalue weighted by Gasteiger charge is -2.34. The van der Waals surface area contributed by atoms with Crippen LogP contribution < -0.4 is 16.4 Å². The van der Waals surface area contributed by atoms with E-state index in [0.717, 1.165) is 39.3 Å². The summed E-state index contributed by atoms with van der Waals surface area (Å²) in [5.41, 5.74) is 4.96. The molecule has 1 heterocycles. The molecule has 1 saturated heterocycles. The highest BCUT2D eigenvalue weighted by Gasteiger charge is 2.15. The zero-order valence-electron chi connectivity index (χ0n) is 14.6. The lowest BCUT2D eigenvalue weighted by Crippen LogP contribution is -2.48. The number of piperazine rings is 1. The molecule has 3 amide bonds. The van der Waals surface area contributed by atoms with Crippen LogP contribution in [-0.4, -0.2) is 101 Å². The summed E-state index contributed by atoms with van der Waals surface area (Å²) in [4.78, 5) is 25.9. The van der Waals surface area contributed by atoms with Crippen LogP contribution >= 0.6 is 0 Å².